The van der Waals surface area contributed by atoms with Crippen LogP contribution >= 0.6 is 0 Å². The molecular formula is C11H14N4. The second-order valence-corrected chi connectivity index (χ2v) is 3.77. The van der Waals surface area contributed by atoms with E-state index in [1.54, 1.807) is 4.68 Å². The molecule has 0 unspecified atom stereocenters. The van der Waals surface area contributed by atoms with E-state index in [0.717, 1.165) is 5.69 Å². The van der Waals surface area contributed by atoms with Gasteiger partial charge in [-0.05, 0) is 44.0 Å². The number of benzene rings is 1. The SMILES string of the molecule is Cc1cc(C)cc(-n2nc(C)nc2N)c1. The lowest BCUT2D eigenvalue weighted by Crippen LogP contribution is -2.03. The van der Waals surface area contributed by atoms with Crippen LogP contribution in [0, 0.1) is 20.8 Å². The van der Waals surface area contributed by atoms with Crippen LogP contribution in [0.25, 0.3) is 5.69 Å². The highest BCUT2D eigenvalue weighted by atomic mass is 15.4. The third-order valence-corrected chi connectivity index (χ3v) is 2.19. The smallest absolute Gasteiger partial charge is 0.223 e. The van der Waals surface area contributed by atoms with Crippen molar-refractivity contribution in [2.24, 2.45) is 0 Å². The highest BCUT2D eigenvalue weighted by Crippen LogP contribution is 2.15. The standard InChI is InChI=1S/C11H14N4/c1-7-4-8(2)6-10(5-7)15-11(12)13-9(3)14-15/h4-6H,1-3H3,(H2,12,13,14). The number of nitrogens with two attached hydrogens (primary N) is 1. The summed E-state index contributed by atoms with van der Waals surface area (Å²) in [5.74, 6) is 1.11. The molecule has 0 radical (unpaired) electrons. The quantitative estimate of drug-likeness (QED) is 0.766. The maximum absolute atomic E-state index is 5.76. The number of hydrogen-bond donors (Lipinski definition) is 1. The Hall–Kier alpha value is -1.84. The first-order chi connectivity index (χ1) is 7.06. The third kappa shape index (κ3) is 1.83. The number of aryl methyl sites for hydroxylation is 3. The molecule has 0 aliphatic carbocycles. The predicted molar refractivity (Wildman–Crippen MR) is 60.0 cm³/mol. The summed E-state index contributed by atoms with van der Waals surface area (Å²) in [7, 11) is 0. The zero-order chi connectivity index (χ0) is 11.0. The van der Waals surface area contributed by atoms with Crippen LogP contribution in [-0.2, 0) is 0 Å². The lowest BCUT2D eigenvalue weighted by atomic mass is 10.1. The van der Waals surface area contributed by atoms with E-state index in [2.05, 4.69) is 30.0 Å². The molecule has 1 aromatic heterocycles. The van der Waals surface area contributed by atoms with Crippen molar-refractivity contribution in [2.45, 2.75) is 20.8 Å². The Labute approximate surface area is 88.8 Å². The van der Waals surface area contributed by atoms with Gasteiger partial charge in [0.2, 0.25) is 5.95 Å². The first kappa shape index (κ1) is 9.71. The molecule has 2 N–H and O–H groups in total. The molecule has 0 spiro atoms. The number of hydrogen-bond acceptors (Lipinski definition) is 3. The summed E-state index contributed by atoms with van der Waals surface area (Å²) < 4.78 is 1.66. The van der Waals surface area contributed by atoms with Crippen molar-refractivity contribution in [2.75, 3.05) is 5.73 Å². The van der Waals surface area contributed by atoms with Gasteiger partial charge in [-0.3, -0.25) is 0 Å². The topological polar surface area (TPSA) is 56.7 Å². The van der Waals surface area contributed by atoms with Gasteiger partial charge in [-0.1, -0.05) is 6.07 Å². The van der Waals surface area contributed by atoms with Crippen molar-refractivity contribution in [3.8, 4) is 5.69 Å². The molecule has 1 aromatic carbocycles. The number of rotatable bonds is 1. The van der Waals surface area contributed by atoms with E-state index < -0.39 is 0 Å². The summed E-state index contributed by atoms with van der Waals surface area (Å²) >= 11 is 0. The maximum atomic E-state index is 5.76. The van der Waals surface area contributed by atoms with Gasteiger partial charge in [-0.15, -0.1) is 5.10 Å². The molecule has 0 saturated carbocycles. The van der Waals surface area contributed by atoms with Crippen molar-refractivity contribution in [3.05, 3.63) is 35.2 Å². The first-order valence-electron chi connectivity index (χ1n) is 4.84. The fourth-order valence-electron chi connectivity index (χ4n) is 1.69. The molecule has 4 nitrogen and oxygen atoms in total. The van der Waals surface area contributed by atoms with Crippen molar-refractivity contribution in [1.29, 1.82) is 0 Å². The molecular weight excluding hydrogens is 188 g/mol. The third-order valence-electron chi connectivity index (χ3n) is 2.19. The highest BCUT2D eigenvalue weighted by molar-refractivity contribution is 5.42. The molecule has 0 atom stereocenters. The summed E-state index contributed by atoms with van der Waals surface area (Å²) in [5, 5.41) is 4.24. The van der Waals surface area contributed by atoms with E-state index in [1.165, 1.54) is 11.1 Å². The number of aromatic nitrogens is 3. The molecule has 1 heterocycles. The second-order valence-electron chi connectivity index (χ2n) is 3.77. The van der Waals surface area contributed by atoms with Crippen molar-refractivity contribution >= 4 is 5.95 Å². The molecule has 0 aliphatic heterocycles. The molecule has 2 rings (SSSR count). The molecule has 15 heavy (non-hydrogen) atoms. The minimum absolute atomic E-state index is 0.428. The zero-order valence-corrected chi connectivity index (χ0v) is 9.15. The van der Waals surface area contributed by atoms with Gasteiger partial charge in [0.1, 0.15) is 5.82 Å². The van der Waals surface area contributed by atoms with Crippen LogP contribution in [0.1, 0.15) is 17.0 Å². The van der Waals surface area contributed by atoms with Crippen LogP contribution in [0.5, 0.6) is 0 Å². The van der Waals surface area contributed by atoms with Crippen LogP contribution < -0.4 is 5.73 Å². The Balaban J connectivity index is 2.58. The predicted octanol–water partition coefficient (Wildman–Crippen LogP) is 1.77. The van der Waals surface area contributed by atoms with E-state index in [4.69, 9.17) is 5.73 Å². The normalized spacial score (nSPS) is 10.6. The monoisotopic (exact) mass is 202 g/mol. The molecule has 0 amide bonds. The number of nitrogen functional groups attached to an aromatic ring is 1. The summed E-state index contributed by atoms with van der Waals surface area (Å²) in [6, 6.07) is 6.19. The summed E-state index contributed by atoms with van der Waals surface area (Å²) in [4.78, 5) is 4.08. The number of nitrogens with zero attached hydrogens (tertiary/aromatic N) is 3. The van der Waals surface area contributed by atoms with Crippen molar-refractivity contribution in [1.82, 2.24) is 14.8 Å². The molecule has 0 saturated heterocycles. The van der Waals surface area contributed by atoms with Gasteiger partial charge in [-0.2, -0.15) is 9.67 Å². The number of anilines is 1. The minimum Gasteiger partial charge on any atom is -0.368 e. The highest BCUT2D eigenvalue weighted by Gasteiger charge is 2.06. The van der Waals surface area contributed by atoms with E-state index in [-0.39, 0.29) is 0 Å². The summed E-state index contributed by atoms with van der Waals surface area (Å²) in [5.41, 5.74) is 9.11. The Bertz CT molecular complexity index is 479. The minimum atomic E-state index is 0.428. The van der Waals surface area contributed by atoms with E-state index in [0.29, 0.717) is 11.8 Å². The van der Waals surface area contributed by atoms with Crippen LogP contribution in [0.4, 0.5) is 5.95 Å². The largest absolute Gasteiger partial charge is 0.368 e. The first-order valence-corrected chi connectivity index (χ1v) is 4.84. The molecule has 0 fully saturated rings. The molecule has 0 bridgehead atoms. The van der Waals surface area contributed by atoms with Crippen molar-refractivity contribution in [3.63, 3.8) is 0 Å². The Morgan fingerprint density at radius 3 is 2.13 bits per heavy atom. The van der Waals surface area contributed by atoms with E-state index in [1.807, 2.05) is 19.1 Å². The van der Waals surface area contributed by atoms with Crippen LogP contribution in [0.3, 0.4) is 0 Å². The summed E-state index contributed by atoms with van der Waals surface area (Å²) in [6.45, 7) is 5.93. The van der Waals surface area contributed by atoms with Gasteiger partial charge < -0.3 is 5.73 Å². The molecule has 0 aliphatic rings. The van der Waals surface area contributed by atoms with Gasteiger partial charge in [0.25, 0.3) is 0 Å². The van der Waals surface area contributed by atoms with Crippen LogP contribution in [0.2, 0.25) is 0 Å². The molecule has 2 aromatic rings. The van der Waals surface area contributed by atoms with Gasteiger partial charge in [-0.25, -0.2) is 0 Å². The average molecular weight is 202 g/mol. The lowest BCUT2D eigenvalue weighted by molar-refractivity contribution is 0.869. The van der Waals surface area contributed by atoms with E-state index in [9.17, 15) is 0 Å². The maximum Gasteiger partial charge on any atom is 0.223 e. The lowest BCUT2D eigenvalue weighted by Gasteiger charge is -2.05. The van der Waals surface area contributed by atoms with E-state index >= 15 is 0 Å². The van der Waals surface area contributed by atoms with Gasteiger partial charge >= 0.3 is 0 Å². The Kier molecular flexibility index (Phi) is 2.19. The molecule has 4 heteroatoms. The Morgan fingerprint density at radius 2 is 1.67 bits per heavy atom. The zero-order valence-electron chi connectivity index (χ0n) is 9.15. The second kappa shape index (κ2) is 3.38. The van der Waals surface area contributed by atoms with Crippen LogP contribution in [0.15, 0.2) is 18.2 Å². The summed E-state index contributed by atoms with van der Waals surface area (Å²) in [6.07, 6.45) is 0. The van der Waals surface area contributed by atoms with Gasteiger partial charge in [0.15, 0.2) is 0 Å². The van der Waals surface area contributed by atoms with Crippen LogP contribution in [-0.4, -0.2) is 14.8 Å². The Morgan fingerprint density at radius 1 is 1.07 bits per heavy atom. The van der Waals surface area contributed by atoms with Gasteiger partial charge in [0.05, 0.1) is 5.69 Å². The molecule has 78 valence electrons. The van der Waals surface area contributed by atoms with Gasteiger partial charge in [0, 0.05) is 0 Å². The average Bonchev–Trinajstić information content (AvgIpc) is 2.43. The fourth-order valence-corrected chi connectivity index (χ4v) is 1.69. The fraction of sp³-hybridized carbons (Fsp3) is 0.273. The van der Waals surface area contributed by atoms with Crippen molar-refractivity contribution < 1.29 is 0 Å².